The number of hydrogen-bond acceptors (Lipinski definition) is 4. The SMILES string of the molecule is CCCC(C)C(=O)NC(CC(=O)O)c1ccc(OC)cc1OC. The fraction of sp³-hybridized carbons (Fsp3) is 0.529. The minimum absolute atomic E-state index is 0.157. The molecule has 0 saturated heterocycles. The van der Waals surface area contributed by atoms with Crippen molar-refractivity contribution in [3.05, 3.63) is 23.8 Å². The predicted octanol–water partition coefficient (Wildman–Crippen LogP) is 2.77. The lowest BCUT2D eigenvalue weighted by Gasteiger charge is -2.22. The highest BCUT2D eigenvalue weighted by Gasteiger charge is 2.24. The molecule has 0 bridgehead atoms. The molecule has 1 aromatic carbocycles. The maximum Gasteiger partial charge on any atom is 0.305 e. The number of benzene rings is 1. The molecule has 0 aliphatic carbocycles. The third-order valence-corrected chi connectivity index (χ3v) is 3.68. The topological polar surface area (TPSA) is 84.9 Å². The molecule has 2 atom stereocenters. The van der Waals surface area contributed by atoms with Crippen LogP contribution in [-0.2, 0) is 9.59 Å². The van der Waals surface area contributed by atoms with Gasteiger partial charge in [-0.2, -0.15) is 0 Å². The van der Waals surface area contributed by atoms with Gasteiger partial charge < -0.3 is 19.9 Å². The van der Waals surface area contributed by atoms with Crippen molar-refractivity contribution in [2.24, 2.45) is 5.92 Å². The van der Waals surface area contributed by atoms with Crippen LogP contribution in [0.1, 0.15) is 44.7 Å². The Labute approximate surface area is 136 Å². The Morgan fingerprint density at radius 3 is 2.48 bits per heavy atom. The molecule has 2 N–H and O–H groups in total. The van der Waals surface area contributed by atoms with Crippen molar-refractivity contribution >= 4 is 11.9 Å². The molecule has 0 aliphatic rings. The zero-order chi connectivity index (χ0) is 17.4. The lowest BCUT2D eigenvalue weighted by molar-refractivity contribution is -0.138. The van der Waals surface area contributed by atoms with Gasteiger partial charge in [0.15, 0.2) is 0 Å². The maximum atomic E-state index is 12.3. The summed E-state index contributed by atoms with van der Waals surface area (Å²) in [5, 5.41) is 12.0. The van der Waals surface area contributed by atoms with Gasteiger partial charge in [-0.3, -0.25) is 9.59 Å². The largest absolute Gasteiger partial charge is 0.497 e. The second-order valence-electron chi connectivity index (χ2n) is 5.46. The van der Waals surface area contributed by atoms with Crippen LogP contribution < -0.4 is 14.8 Å². The summed E-state index contributed by atoms with van der Waals surface area (Å²) >= 11 is 0. The van der Waals surface area contributed by atoms with E-state index >= 15 is 0 Å². The summed E-state index contributed by atoms with van der Waals surface area (Å²) in [5.41, 5.74) is 0.618. The number of carboxylic acids is 1. The van der Waals surface area contributed by atoms with Gasteiger partial charge in [0.1, 0.15) is 11.5 Å². The Morgan fingerprint density at radius 2 is 1.96 bits per heavy atom. The van der Waals surface area contributed by atoms with Gasteiger partial charge in [0.25, 0.3) is 0 Å². The Kier molecular flexibility index (Phi) is 7.38. The Hall–Kier alpha value is -2.24. The Morgan fingerprint density at radius 1 is 1.26 bits per heavy atom. The number of amides is 1. The van der Waals surface area contributed by atoms with Crippen molar-refractivity contribution in [2.75, 3.05) is 14.2 Å². The van der Waals surface area contributed by atoms with Crippen LogP contribution in [0.4, 0.5) is 0 Å². The van der Waals surface area contributed by atoms with E-state index in [1.54, 1.807) is 18.2 Å². The standard InChI is InChI=1S/C17H25NO5/c1-5-6-11(2)17(21)18-14(10-16(19)20)13-8-7-12(22-3)9-15(13)23-4/h7-9,11,14H,5-6,10H2,1-4H3,(H,18,21)(H,19,20). The molecule has 0 aromatic heterocycles. The van der Waals surface area contributed by atoms with Crippen LogP contribution >= 0.6 is 0 Å². The number of aliphatic carboxylic acids is 1. The van der Waals surface area contributed by atoms with Crippen molar-refractivity contribution in [1.82, 2.24) is 5.32 Å². The first-order chi connectivity index (χ1) is 10.9. The monoisotopic (exact) mass is 323 g/mol. The second-order valence-corrected chi connectivity index (χ2v) is 5.46. The summed E-state index contributed by atoms with van der Waals surface area (Å²) < 4.78 is 10.5. The van der Waals surface area contributed by atoms with E-state index in [0.29, 0.717) is 17.1 Å². The Balaban J connectivity index is 3.06. The molecule has 23 heavy (non-hydrogen) atoms. The van der Waals surface area contributed by atoms with Crippen molar-refractivity contribution in [1.29, 1.82) is 0 Å². The lowest BCUT2D eigenvalue weighted by atomic mass is 9.99. The van der Waals surface area contributed by atoms with E-state index in [-0.39, 0.29) is 18.2 Å². The third-order valence-electron chi connectivity index (χ3n) is 3.68. The molecular formula is C17H25NO5. The molecule has 1 amide bonds. The van der Waals surface area contributed by atoms with Crippen molar-refractivity contribution in [3.8, 4) is 11.5 Å². The van der Waals surface area contributed by atoms with Crippen LogP contribution in [0.25, 0.3) is 0 Å². The molecule has 0 saturated carbocycles. The highest BCUT2D eigenvalue weighted by atomic mass is 16.5. The summed E-state index contributed by atoms with van der Waals surface area (Å²) in [7, 11) is 3.04. The highest BCUT2D eigenvalue weighted by molar-refractivity contribution is 5.80. The maximum absolute atomic E-state index is 12.3. The number of ether oxygens (including phenoxy) is 2. The van der Waals surface area contributed by atoms with Crippen LogP contribution in [-0.4, -0.2) is 31.2 Å². The summed E-state index contributed by atoms with van der Waals surface area (Å²) in [6.07, 6.45) is 1.43. The van der Waals surface area contributed by atoms with Gasteiger partial charge in [0.05, 0.1) is 26.7 Å². The van der Waals surface area contributed by atoms with Gasteiger partial charge in [-0.25, -0.2) is 0 Å². The number of carboxylic acid groups (broad SMARTS) is 1. The number of carbonyl (C=O) groups is 2. The molecular weight excluding hydrogens is 298 g/mol. The zero-order valence-corrected chi connectivity index (χ0v) is 14.1. The van der Waals surface area contributed by atoms with Crippen LogP contribution in [0.5, 0.6) is 11.5 Å². The minimum atomic E-state index is -0.990. The molecule has 0 aliphatic heterocycles. The molecule has 0 radical (unpaired) electrons. The number of hydrogen-bond donors (Lipinski definition) is 2. The smallest absolute Gasteiger partial charge is 0.305 e. The Bertz CT molecular complexity index is 544. The van der Waals surface area contributed by atoms with E-state index in [4.69, 9.17) is 14.6 Å². The molecule has 6 heteroatoms. The summed E-state index contributed by atoms with van der Waals surface area (Å²) in [4.78, 5) is 23.4. The molecule has 0 spiro atoms. The normalized spacial score (nSPS) is 13.0. The average Bonchev–Trinajstić information content (AvgIpc) is 2.53. The molecule has 6 nitrogen and oxygen atoms in total. The van der Waals surface area contributed by atoms with Crippen LogP contribution in [0, 0.1) is 5.92 Å². The van der Waals surface area contributed by atoms with Crippen molar-refractivity contribution < 1.29 is 24.2 Å². The summed E-state index contributed by atoms with van der Waals surface area (Å²) in [6, 6.07) is 4.45. The number of rotatable bonds is 9. The van der Waals surface area contributed by atoms with Gasteiger partial charge in [0.2, 0.25) is 5.91 Å². The molecule has 0 heterocycles. The van der Waals surface area contributed by atoms with Gasteiger partial charge >= 0.3 is 5.97 Å². The number of methoxy groups -OCH3 is 2. The van der Waals surface area contributed by atoms with E-state index in [1.165, 1.54) is 14.2 Å². The average molecular weight is 323 g/mol. The van der Waals surface area contributed by atoms with Gasteiger partial charge in [-0.05, 0) is 18.6 Å². The predicted molar refractivity (Wildman–Crippen MR) is 86.8 cm³/mol. The highest BCUT2D eigenvalue weighted by Crippen LogP contribution is 2.31. The quantitative estimate of drug-likeness (QED) is 0.730. The van der Waals surface area contributed by atoms with E-state index in [1.807, 2.05) is 13.8 Å². The van der Waals surface area contributed by atoms with E-state index in [0.717, 1.165) is 12.8 Å². The van der Waals surface area contributed by atoms with E-state index in [9.17, 15) is 9.59 Å². The fourth-order valence-corrected chi connectivity index (χ4v) is 2.40. The van der Waals surface area contributed by atoms with Crippen molar-refractivity contribution in [3.63, 3.8) is 0 Å². The third kappa shape index (κ3) is 5.47. The lowest BCUT2D eigenvalue weighted by Crippen LogP contribution is -2.34. The van der Waals surface area contributed by atoms with Gasteiger partial charge in [-0.15, -0.1) is 0 Å². The first kappa shape index (κ1) is 18.8. The summed E-state index contributed by atoms with van der Waals surface area (Å²) in [5.74, 6) is -0.225. The van der Waals surface area contributed by atoms with E-state index < -0.39 is 12.0 Å². The number of carbonyl (C=O) groups excluding carboxylic acids is 1. The first-order valence-corrected chi connectivity index (χ1v) is 7.67. The molecule has 128 valence electrons. The number of nitrogens with one attached hydrogen (secondary N) is 1. The molecule has 0 fully saturated rings. The van der Waals surface area contributed by atoms with Gasteiger partial charge in [0, 0.05) is 17.5 Å². The molecule has 1 rings (SSSR count). The molecule has 2 unspecified atom stereocenters. The van der Waals surface area contributed by atoms with E-state index in [2.05, 4.69) is 5.32 Å². The zero-order valence-electron chi connectivity index (χ0n) is 14.1. The van der Waals surface area contributed by atoms with Gasteiger partial charge in [-0.1, -0.05) is 20.3 Å². The minimum Gasteiger partial charge on any atom is -0.497 e. The molecule has 1 aromatic rings. The van der Waals surface area contributed by atoms with Crippen LogP contribution in [0.15, 0.2) is 18.2 Å². The second kappa shape index (κ2) is 9.02. The summed E-state index contributed by atoms with van der Waals surface area (Å²) in [6.45, 7) is 3.84. The van der Waals surface area contributed by atoms with Crippen LogP contribution in [0.3, 0.4) is 0 Å². The first-order valence-electron chi connectivity index (χ1n) is 7.67. The van der Waals surface area contributed by atoms with Crippen LogP contribution in [0.2, 0.25) is 0 Å². The van der Waals surface area contributed by atoms with Crippen molar-refractivity contribution in [2.45, 2.75) is 39.2 Å². The fourth-order valence-electron chi connectivity index (χ4n) is 2.40.